The van der Waals surface area contributed by atoms with Crippen molar-refractivity contribution in [3.05, 3.63) is 0 Å². The highest BCUT2D eigenvalue weighted by atomic mass is 32.2. The summed E-state index contributed by atoms with van der Waals surface area (Å²) in [6.07, 6.45) is 4.59. The third kappa shape index (κ3) is 7.95. The maximum absolute atomic E-state index is 12.0. The summed E-state index contributed by atoms with van der Waals surface area (Å²) in [5.74, 6) is 1.01. The lowest BCUT2D eigenvalue weighted by molar-refractivity contribution is -0.144. The van der Waals surface area contributed by atoms with Crippen LogP contribution in [0, 0.1) is 17.8 Å². The fourth-order valence-electron chi connectivity index (χ4n) is 3.23. The molecule has 0 saturated heterocycles. The molecule has 150 valence electrons. The van der Waals surface area contributed by atoms with Crippen LogP contribution in [0.1, 0.15) is 46.0 Å². The zero-order chi connectivity index (χ0) is 19.7. The van der Waals surface area contributed by atoms with Gasteiger partial charge in [-0.15, -0.1) is 0 Å². The smallest absolute Gasteiger partial charge is 0.329 e. The number of amides is 1. The van der Waals surface area contributed by atoms with Crippen molar-refractivity contribution in [1.29, 1.82) is 0 Å². The first-order chi connectivity index (χ1) is 12.2. The Morgan fingerprint density at radius 2 is 1.85 bits per heavy atom. The second-order valence-electron chi connectivity index (χ2n) is 7.32. The number of nitrogens with two attached hydrogens (primary N) is 1. The van der Waals surface area contributed by atoms with Crippen LogP contribution in [0.25, 0.3) is 0 Å². The minimum Gasteiger partial charge on any atom is -0.481 e. The van der Waals surface area contributed by atoms with Gasteiger partial charge >= 0.3 is 11.9 Å². The molecule has 1 fully saturated rings. The SMILES string of the molecule is COC(=O)[C@H](CSCC(C)C1CCC(C)CC1)NC(=O)[C@@H](N)CC(=O)O. The number of carbonyl (C=O) groups excluding carboxylic acids is 2. The lowest BCUT2D eigenvalue weighted by atomic mass is 9.78. The molecule has 1 aliphatic rings. The van der Waals surface area contributed by atoms with Crippen LogP contribution in [-0.2, 0) is 19.1 Å². The van der Waals surface area contributed by atoms with E-state index in [2.05, 4.69) is 19.2 Å². The minimum atomic E-state index is -1.19. The minimum absolute atomic E-state index is 0.381. The molecular weight excluding hydrogens is 356 g/mol. The summed E-state index contributed by atoms with van der Waals surface area (Å²) in [5, 5.41) is 11.2. The molecule has 0 aromatic heterocycles. The van der Waals surface area contributed by atoms with Crippen molar-refractivity contribution in [3.8, 4) is 0 Å². The van der Waals surface area contributed by atoms with E-state index in [1.165, 1.54) is 32.8 Å². The quantitative estimate of drug-likeness (QED) is 0.487. The van der Waals surface area contributed by atoms with Crippen LogP contribution >= 0.6 is 11.8 Å². The Balaban J connectivity index is 2.45. The second-order valence-corrected chi connectivity index (χ2v) is 8.40. The number of methoxy groups -OCH3 is 1. The van der Waals surface area contributed by atoms with Crippen LogP contribution in [0.3, 0.4) is 0 Å². The van der Waals surface area contributed by atoms with E-state index in [1.807, 2.05) is 0 Å². The molecule has 0 bridgehead atoms. The Morgan fingerprint density at radius 1 is 1.23 bits per heavy atom. The van der Waals surface area contributed by atoms with Crippen LogP contribution in [0.2, 0.25) is 0 Å². The predicted molar refractivity (Wildman–Crippen MR) is 102 cm³/mol. The lowest BCUT2D eigenvalue weighted by Gasteiger charge is -2.30. The van der Waals surface area contributed by atoms with Crippen LogP contribution in [0.15, 0.2) is 0 Å². The maximum atomic E-state index is 12.0. The Labute approximate surface area is 159 Å². The van der Waals surface area contributed by atoms with E-state index in [1.54, 1.807) is 11.8 Å². The van der Waals surface area contributed by atoms with Crippen LogP contribution < -0.4 is 11.1 Å². The summed E-state index contributed by atoms with van der Waals surface area (Å²) in [7, 11) is 1.26. The Morgan fingerprint density at radius 3 is 2.38 bits per heavy atom. The molecule has 0 aromatic carbocycles. The molecule has 1 amide bonds. The monoisotopic (exact) mass is 388 g/mol. The maximum Gasteiger partial charge on any atom is 0.329 e. The van der Waals surface area contributed by atoms with Gasteiger partial charge in [0.05, 0.1) is 19.6 Å². The number of rotatable bonds is 10. The highest BCUT2D eigenvalue weighted by molar-refractivity contribution is 7.99. The third-order valence-corrected chi connectivity index (χ3v) is 6.39. The summed E-state index contributed by atoms with van der Waals surface area (Å²) >= 11 is 1.60. The highest BCUT2D eigenvalue weighted by Crippen LogP contribution is 2.34. The van der Waals surface area contributed by atoms with Gasteiger partial charge in [0.25, 0.3) is 0 Å². The molecule has 8 heteroatoms. The van der Waals surface area contributed by atoms with Gasteiger partial charge in [0.1, 0.15) is 6.04 Å². The van der Waals surface area contributed by atoms with E-state index in [9.17, 15) is 14.4 Å². The number of aliphatic carboxylic acids is 1. The standard InChI is InChI=1S/C18H32N2O5S/c1-11-4-6-13(7-5-11)12(2)9-26-10-15(18(24)25-3)20-17(23)14(19)8-16(21)22/h11-15H,4-10,19H2,1-3H3,(H,20,23)(H,21,22)/t11?,12?,13?,14-,15-/m0/s1. The van der Waals surface area contributed by atoms with Crippen LogP contribution in [0.5, 0.6) is 0 Å². The summed E-state index contributed by atoms with van der Waals surface area (Å²) in [5.41, 5.74) is 5.54. The van der Waals surface area contributed by atoms with Gasteiger partial charge in [0.2, 0.25) is 5.91 Å². The van der Waals surface area contributed by atoms with Crippen molar-refractivity contribution in [2.24, 2.45) is 23.5 Å². The first kappa shape index (κ1) is 22.8. The fraction of sp³-hybridized carbons (Fsp3) is 0.833. The van der Waals surface area contributed by atoms with Gasteiger partial charge in [0.15, 0.2) is 0 Å². The van der Waals surface area contributed by atoms with Crippen molar-refractivity contribution in [2.75, 3.05) is 18.6 Å². The Hall–Kier alpha value is -1.28. The number of carbonyl (C=O) groups is 3. The largest absolute Gasteiger partial charge is 0.481 e. The van der Waals surface area contributed by atoms with Crippen molar-refractivity contribution in [1.82, 2.24) is 5.32 Å². The average molecular weight is 389 g/mol. The molecular formula is C18H32N2O5S. The van der Waals surface area contributed by atoms with Gasteiger partial charge in [-0.05, 0) is 36.3 Å². The van der Waals surface area contributed by atoms with Crippen molar-refractivity contribution >= 4 is 29.6 Å². The topological polar surface area (TPSA) is 119 Å². The number of hydrogen-bond donors (Lipinski definition) is 3. The molecule has 1 saturated carbocycles. The van der Waals surface area contributed by atoms with Crippen molar-refractivity contribution in [2.45, 2.75) is 58.0 Å². The zero-order valence-electron chi connectivity index (χ0n) is 15.9. The molecule has 7 nitrogen and oxygen atoms in total. The lowest BCUT2D eigenvalue weighted by Crippen LogP contribution is -2.50. The van der Waals surface area contributed by atoms with E-state index in [-0.39, 0.29) is 0 Å². The number of carboxylic acids is 1. The fourth-order valence-corrected chi connectivity index (χ4v) is 4.47. The van der Waals surface area contributed by atoms with Gasteiger partial charge in [-0.2, -0.15) is 11.8 Å². The zero-order valence-corrected chi connectivity index (χ0v) is 16.7. The summed E-state index contributed by atoms with van der Waals surface area (Å²) in [4.78, 5) is 34.5. The number of esters is 1. The van der Waals surface area contributed by atoms with Crippen molar-refractivity contribution < 1.29 is 24.2 Å². The predicted octanol–water partition coefficient (Wildman–Crippen LogP) is 1.64. The molecule has 1 rings (SSSR count). The van der Waals surface area contributed by atoms with Gasteiger partial charge in [0, 0.05) is 5.75 Å². The van der Waals surface area contributed by atoms with E-state index in [0.29, 0.717) is 17.6 Å². The molecule has 4 N–H and O–H groups in total. The summed E-state index contributed by atoms with van der Waals surface area (Å²) < 4.78 is 4.74. The van der Waals surface area contributed by atoms with Gasteiger partial charge in [-0.1, -0.05) is 26.7 Å². The van der Waals surface area contributed by atoms with Gasteiger partial charge < -0.3 is 20.9 Å². The molecule has 0 heterocycles. The number of carboxylic acid groups (broad SMARTS) is 1. The summed E-state index contributed by atoms with van der Waals surface area (Å²) in [6, 6.07) is -2.01. The third-order valence-electron chi connectivity index (χ3n) is 5.06. The number of ether oxygens (including phenoxy) is 1. The number of hydrogen-bond acceptors (Lipinski definition) is 6. The Kier molecular flexibility index (Phi) is 10.0. The molecule has 0 aromatic rings. The normalized spacial score (nSPS) is 23.5. The van der Waals surface area contributed by atoms with E-state index in [4.69, 9.17) is 15.6 Å². The summed E-state index contributed by atoms with van der Waals surface area (Å²) in [6.45, 7) is 4.54. The van der Waals surface area contributed by atoms with E-state index in [0.717, 1.165) is 11.7 Å². The highest BCUT2D eigenvalue weighted by Gasteiger charge is 2.27. The molecule has 1 aliphatic carbocycles. The van der Waals surface area contributed by atoms with Crippen LogP contribution in [0.4, 0.5) is 0 Å². The second kappa shape index (κ2) is 11.4. The van der Waals surface area contributed by atoms with Gasteiger partial charge in [-0.3, -0.25) is 9.59 Å². The molecule has 0 radical (unpaired) electrons. The Bertz CT molecular complexity index is 480. The molecule has 0 spiro atoms. The van der Waals surface area contributed by atoms with Crippen molar-refractivity contribution in [3.63, 3.8) is 0 Å². The van der Waals surface area contributed by atoms with E-state index >= 15 is 0 Å². The molecule has 3 atom stereocenters. The van der Waals surface area contributed by atoms with E-state index < -0.39 is 36.4 Å². The molecule has 26 heavy (non-hydrogen) atoms. The van der Waals surface area contributed by atoms with Gasteiger partial charge in [-0.25, -0.2) is 4.79 Å². The molecule has 1 unspecified atom stereocenters. The average Bonchev–Trinajstić information content (AvgIpc) is 2.59. The first-order valence-corrected chi connectivity index (χ1v) is 10.3. The first-order valence-electron chi connectivity index (χ1n) is 9.17. The molecule has 0 aliphatic heterocycles. The number of thioether (sulfide) groups is 1. The van der Waals surface area contributed by atoms with Crippen LogP contribution in [-0.4, -0.2) is 53.7 Å². The number of nitrogens with one attached hydrogen (secondary N) is 1.